The Kier molecular flexibility index (Phi) is 6.81. The molecule has 2 aromatic heterocycles. The maximum absolute atomic E-state index is 12.7. The molecular formula is C25H22N4O3S. The van der Waals surface area contributed by atoms with Crippen molar-refractivity contribution in [1.29, 1.82) is 5.26 Å². The van der Waals surface area contributed by atoms with Crippen molar-refractivity contribution in [1.82, 2.24) is 9.88 Å². The lowest BCUT2D eigenvalue weighted by Gasteiger charge is -2.27. The number of nitrogens with one attached hydrogen (secondary N) is 1. The number of carbonyl (C=O) groups is 2. The zero-order chi connectivity index (χ0) is 23.2. The van der Waals surface area contributed by atoms with Gasteiger partial charge in [-0.25, -0.2) is 0 Å². The number of aromatic nitrogens is 1. The second-order valence-electron chi connectivity index (χ2n) is 7.45. The van der Waals surface area contributed by atoms with Crippen LogP contribution < -0.4 is 10.1 Å². The van der Waals surface area contributed by atoms with Gasteiger partial charge in [0.05, 0.1) is 25.6 Å². The van der Waals surface area contributed by atoms with Crippen LogP contribution in [0.4, 0.5) is 5.00 Å². The molecule has 1 N–H and O–H groups in total. The second kappa shape index (κ2) is 10.1. The quantitative estimate of drug-likeness (QED) is 0.567. The summed E-state index contributed by atoms with van der Waals surface area (Å²) in [5.41, 5.74) is 2.90. The van der Waals surface area contributed by atoms with E-state index < -0.39 is 0 Å². The van der Waals surface area contributed by atoms with Crippen molar-refractivity contribution in [3.8, 4) is 11.8 Å². The smallest absolute Gasteiger partial charge is 0.249 e. The van der Waals surface area contributed by atoms with Gasteiger partial charge in [0, 0.05) is 35.0 Å². The number of amides is 2. The number of nitriles is 1. The van der Waals surface area contributed by atoms with E-state index in [-0.39, 0.29) is 18.2 Å². The number of hydrogen-bond acceptors (Lipinski definition) is 6. The fourth-order valence-electron chi connectivity index (χ4n) is 3.72. The number of pyridine rings is 1. The fraction of sp³-hybridized carbons (Fsp3) is 0.200. The van der Waals surface area contributed by atoms with Gasteiger partial charge >= 0.3 is 0 Å². The van der Waals surface area contributed by atoms with Gasteiger partial charge in [-0.05, 0) is 36.3 Å². The number of fused-ring (bicyclic) bond motifs is 1. The Bertz CT molecular complexity index is 1240. The molecule has 2 amide bonds. The first-order valence-corrected chi connectivity index (χ1v) is 11.2. The number of rotatable bonds is 6. The molecule has 1 aliphatic heterocycles. The standard InChI is InChI=1S/C25H22N4O3S/c1-32-21-8-3-2-6-17(21)9-10-23(30)28-25-20(15-26)19-11-13-29(16-22(19)33-25)24(31)14-18-7-4-5-12-27-18/h2-10,12H,11,13-14,16H2,1H3,(H,28,30)/b10-9+. The van der Waals surface area contributed by atoms with Gasteiger partial charge in [0.25, 0.3) is 0 Å². The van der Waals surface area contributed by atoms with Crippen molar-refractivity contribution >= 4 is 34.2 Å². The summed E-state index contributed by atoms with van der Waals surface area (Å²) in [7, 11) is 1.58. The average Bonchev–Trinajstić information content (AvgIpc) is 3.19. The van der Waals surface area contributed by atoms with E-state index in [1.807, 2.05) is 42.5 Å². The van der Waals surface area contributed by atoms with Crippen LogP contribution in [0.2, 0.25) is 0 Å². The highest BCUT2D eigenvalue weighted by Crippen LogP contribution is 2.36. The predicted octanol–water partition coefficient (Wildman–Crippen LogP) is 3.80. The monoisotopic (exact) mass is 458 g/mol. The molecule has 0 bridgehead atoms. The molecule has 1 aliphatic rings. The van der Waals surface area contributed by atoms with Crippen LogP contribution in [-0.4, -0.2) is 35.4 Å². The first-order valence-electron chi connectivity index (χ1n) is 10.4. The molecule has 7 nitrogen and oxygen atoms in total. The normalized spacial score (nSPS) is 12.8. The van der Waals surface area contributed by atoms with E-state index in [1.165, 1.54) is 17.4 Å². The van der Waals surface area contributed by atoms with Gasteiger partial charge in [-0.1, -0.05) is 24.3 Å². The Balaban J connectivity index is 1.46. The van der Waals surface area contributed by atoms with E-state index in [1.54, 1.807) is 24.3 Å². The van der Waals surface area contributed by atoms with Crippen LogP contribution >= 0.6 is 11.3 Å². The lowest BCUT2D eigenvalue weighted by Crippen LogP contribution is -2.36. The molecule has 8 heteroatoms. The van der Waals surface area contributed by atoms with Crippen LogP contribution in [-0.2, 0) is 29.0 Å². The Morgan fingerprint density at radius 3 is 2.85 bits per heavy atom. The molecule has 3 heterocycles. The summed E-state index contributed by atoms with van der Waals surface area (Å²) in [5, 5.41) is 13.0. The highest BCUT2D eigenvalue weighted by molar-refractivity contribution is 7.16. The number of ether oxygens (including phenoxy) is 1. The van der Waals surface area contributed by atoms with Crippen LogP contribution in [0.1, 0.15) is 27.3 Å². The van der Waals surface area contributed by atoms with Gasteiger partial charge in [0.1, 0.15) is 16.8 Å². The number of benzene rings is 1. The van der Waals surface area contributed by atoms with E-state index in [4.69, 9.17) is 4.74 Å². The molecular weight excluding hydrogens is 436 g/mol. The largest absolute Gasteiger partial charge is 0.496 e. The summed E-state index contributed by atoms with van der Waals surface area (Å²) in [4.78, 5) is 32.2. The first-order chi connectivity index (χ1) is 16.1. The van der Waals surface area contributed by atoms with Gasteiger partial charge in [-0.2, -0.15) is 5.26 Å². The predicted molar refractivity (Wildman–Crippen MR) is 127 cm³/mol. The van der Waals surface area contributed by atoms with E-state index in [2.05, 4.69) is 16.4 Å². The van der Waals surface area contributed by atoms with Crippen molar-refractivity contribution in [2.45, 2.75) is 19.4 Å². The fourth-order valence-corrected chi connectivity index (χ4v) is 4.93. The Morgan fingerprint density at radius 2 is 2.09 bits per heavy atom. The van der Waals surface area contributed by atoms with Crippen LogP contribution in [0, 0.1) is 11.3 Å². The second-order valence-corrected chi connectivity index (χ2v) is 8.55. The van der Waals surface area contributed by atoms with Crippen LogP contribution in [0.5, 0.6) is 5.75 Å². The molecule has 0 radical (unpaired) electrons. The Morgan fingerprint density at radius 1 is 1.27 bits per heavy atom. The molecule has 3 aromatic rings. The van der Waals surface area contributed by atoms with Gasteiger partial charge in [-0.15, -0.1) is 11.3 Å². The third-order valence-electron chi connectivity index (χ3n) is 5.37. The highest BCUT2D eigenvalue weighted by atomic mass is 32.1. The number of hydrogen-bond donors (Lipinski definition) is 1. The Labute approximate surface area is 195 Å². The van der Waals surface area contributed by atoms with Crippen molar-refractivity contribution in [2.24, 2.45) is 0 Å². The molecule has 0 spiro atoms. The van der Waals surface area contributed by atoms with Gasteiger partial charge < -0.3 is 15.0 Å². The molecule has 0 fully saturated rings. The summed E-state index contributed by atoms with van der Waals surface area (Å²) in [6.07, 6.45) is 5.58. The molecule has 0 saturated carbocycles. The number of para-hydroxylation sites is 1. The minimum absolute atomic E-state index is 0.00316. The van der Waals surface area contributed by atoms with Gasteiger partial charge in [-0.3, -0.25) is 14.6 Å². The summed E-state index contributed by atoms with van der Waals surface area (Å²) >= 11 is 1.35. The SMILES string of the molecule is COc1ccccc1/C=C/C(=O)Nc1sc2c(c1C#N)CCN(C(=O)Cc1ccccn1)C2. The van der Waals surface area contributed by atoms with Gasteiger partial charge in [0.2, 0.25) is 11.8 Å². The summed E-state index contributed by atoms with van der Waals surface area (Å²) < 4.78 is 5.29. The number of nitrogens with zero attached hydrogens (tertiary/aromatic N) is 3. The third-order valence-corrected chi connectivity index (χ3v) is 6.50. The van der Waals surface area contributed by atoms with E-state index >= 15 is 0 Å². The van der Waals surface area contributed by atoms with Crippen molar-refractivity contribution in [3.05, 3.63) is 82.0 Å². The molecule has 0 aliphatic carbocycles. The Hall–Kier alpha value is -3.96. The van der Waals surface area contributed by atoms with E-state index in [0.717, 1.165) is 21.7 Å². The first kappa shape index (κ1) is 22.2. The van der Waals surface area contributed by atoms with E-state index in [9.17, 15) is 14.9 Å². The molecule has 4 rings (SSSR count). The number of thiophene rings is 1. The van der Waals surface area contributed by atoms with Gasteiger partial charge in [0.15, 0.2) is 0 Å². The van der Waals surface area contributed by atoms with E-state index in [0.29, 0.717) is 35.8 Å². The molecule has 1 aromatic carbocycles. The number of methoxy groups -OCH3 is 1. The summed E-state index contributed by atoms with van der Waals surface area (Å²) in [6.45, 7) is 0.957. The minimum atomic E-state index is -0.334. The minimum Gasteiger partial charge on any atom is -0.496 e. The average molecular weight is 459 g/mol. The van der Waals surface area contributed by atoms with Crippen molar-refractivity contribution < 1.29 is 14.3 Å². The number of carbonyl (C=O) groups excluding carboxylic acids is 2. The topological polar surface area (TPSA) is 95.3 Å². The molecule has 33 heavy (non-hydrogen) atoms. The molecule has 0 atom stereocenters. The molecule has 166 valence electrons. The van der Waals surface area contributed by atoms with Crippen molar-refractivity contribution in [3.63, 3.8) is 0 Å². The zero-order valence-electron chi connectivity index (χ0n) is 18.1. The van der Waals surface area contributed by atoms with Crippen LogP contribution in [0.3, 0.4) is 0 Å². The maximum Gasteiger partial charge on any atom is 0.249 e. The zero-order valence-corrected chi connectivity index (χ0v) is 18.9. The lowest BCUT2D eigenvalue weighted by atomic mass is 10.0. The number of anilines is 1. The lowest BCUT2D eigenvalue weighted by molar-refractivity contribution is -0.131. The highest BCUT2D eigenvalue weighted by Gasteiger charge is 2.27. The summed E-state index contributed by atoms with van der Waals surface area (Å²) in [5.74, 6) is 0.331. The van der Waals surface area contributed by atoms with Crippen LogP contribution in [0.15, 0.2) is 54.7 Å². The molecule has 0 unspecified atom stereocenters. The van der Waals surface area contributed by atoms with Crippen LogP contribution in [0.25, 0.3) is 6.08 Å². The van der Waals surface area contributed by atoms with Crippen molar-refractivity contribution in [2.75, 3.05) is 19.0 Å². The third kappa shape index (κ3) is 5.10. The summed E-state index contributed by atoms with van der Waals surface area (Å²) in [6, 6.07) is 15.1. The molecule has 0 saturated heterocycles. The maximum atomic E-state index is 12.7.